The second kappa shape index (κ2) is 4.82. The van der Waals surface area contributed by atoms with E-state index in [9.17, 15) is 0 Å². The van der Waals surface area contributed by atoms with Crippen molar-refractivity contribution in [1.82, 2.24) is 15.0 Å². The molecule has 0 atom stereocenters. The lowest BCUT2D eigenvalue weighted by molar-refractivity contribution is 0.571. The Bertz CT molecular complexity index is 559. The minimum Gasteiger partial charge on any atom is -0.382 e. The van der Waals surface area contributed by atoms with Crippen molar-refractivity contribution in [3.05, 3.63) is 33.1 Å². The molecule has 0 amide bonds. The largest absolute Gasteiger partial charge is 0.382 e. The zero-order valence-electron chi connectivity index (χ0n) is 10.6. The third kappa shape index (κ3) is 2.79. The zero-order chi connectivity index (χ0) is 13.3. The van der Waals surface area contributed by atoms with Gasteiger partial charge in [-0.1, -0.05) is 32.4 Å². The zero-order valence-corrected chi connectivity index (χ0v) is 12.1. The molecule has 0 saturated carbocycles. The van der Waals surface area contributed by atoms with Gasteiger partial charge in [0.2, 0.25) is 0 Å². The highest BCUT2D eigenvalue weighted by Gasteiger charge is 2.18. The predicted octanol–water partition coefficient (Wildman–Crippen LogP) is 3.06. The van der Waals surface area contributed by atoms with Crippen LogP contribution in [0.2, 0.25) is 5.02 Å². The average molecular weight is 283 g/mol. The van der Waals surface area contributed by atoms with Gasteiger partial charge in [-0.2, -0.15) is 0 Å². The third-order valence-electron chi connectivity index (χ3n) is 2.53. The topological polar surface area (TPSA) is 64.7 Å². The first kappa shape index (κ1) is 13.2. The maximum absolute atomic E-state index is 6.07. The molecule has 96 valence electrons. The molecule has 0 spiro atoms. The molecule has 2 N–H and O–H groups in total. The van der Waals surface area contributed by atoms with Gasteiger partial charge in [0, 0.05) is 17.2 Å². The number of hydrogen-bond donors (Lipinski definition) is 1. The highest BCUT2D eigenvalue weighted by Crippen LogP contribution is 2.27. The van der Waals surface area contributed by atoms with Gasteiger partial charge < -0.3 is 5.73 Å². The van der Waals surface area contributed by atoms with Gasteiger partial charge in [-0.05, 0) is 0 Å². The molecule has 6 heteroatoms. The van der Waals surface area contributed by atoms with Crippen LogP contribution >= 0.6 is 22.9 Å². The number of aromatic nitrogens is 3. The standard InChI is InChI=1S/C12H15ClN4S/c1-12(2,3)8-5-18-9(17-8)4-7-10(13)11(14)16-6-15-7/h5-6H,4H2,1-3H3,(H2,14,15,16). The summed E-state index contributed by atoms with van der Waals surface area (Å²) >= 11 is 7.68. The van der Waals surface area contributed by atoms with Gasteiger partial charge in [0.15, 0.2) is 0 Å². The second-order valence-corrected chi connectivity index (χ2v) is 6.39. The van der Waals surface area contributed by atoms with E-state index in [0.29, 0.717) is 17.3 Å². The molecule has 4 nitrogen and oxygen atoms in total. The molecule has 0 bridgehead atoms. The van der Waals surface area contributed by atoms with E-state index in [-0.39, 0.29) is 5.41 Å². The minimum absolute atomic E-state index is 0.0588. The fourth-order valence-electron chi connectivity index (χ4n) is 1.42. The molecule has 2 aromatic heterocycles. The Morgan fingerprint density at radius 3 is 2.67 bits per heavy atom. The second-order valence-electron chi connectivity index (χ2n) is 5.07. The Morgan fingerprint density at radius 1 is 1.33 bits per heavy atom. The van der Waals surface area contributed by atoms with Crippen LogP contribution in [-0.2, 0) is 11.8 Å². The van der Waals surface area contributed by atoms with Crippen molar-refractivity contribution < 1.29 is 0 Å². The summed E-state index contributed by atoms with van der Waals surface area (Å²) in [6.07, 6.45) is 2.02. The van der Waals surface area contributed by atoms with Crippen LogP contribution in [0, 0.1) is 0 Å². The lowest BCUT2D eigenvalue weighted by Gasteiger charge is -2.14. The van der Waals surface area contributed by atoms with E-state index in [2.05, 4.69) is 41.1 Å². The van der Waals surface area contributed by atoms with Gasteiger partial charge >= 0.3 is 0 Å². The molecule has 0 aliphatic rings. The van der Waals surface area contributed by atoms with Crippen molar-refractivity contribution in [1.29, 1.82) is 0 Å². The normalized spacial score (nSPS) is 11.8. The minimum atomic E-state index is 0.0588. The van der Waals surface area contributed by atoms with Crippen LogP contribution in [0.3, 0.4) is 0 Å². The van der Waals surface area contributed by atoms with E-state index in [1.807, 2.05) is 0 Å². The summed E-state index contributed by atoms with van der Waals surface area (Å²) < 4.78 is 0. The molecule has 0 aliphatic carbocycles. The Morgan fingerprint density at radius 2 is 2.06 bits per heavy atom. The average Bonchev–Trinajstić information content (AvgIpc) is 2.73. The lowest BCUT2D eigenvalue weighted by Crippen LogP contribution is -2.11. The van der Waals surface area contributed by atoms with Crippen LogP contribution in [0.1, 0.15) is 37.2 Å². The van der Waals surface area contributed by atoms with Crippen LogP contribution in [0.4, 0.5) is 5.82 Å². The maximum Gasteiger partial charge on any atom is 0.145 e. The first-order valence-corrected chi connectivity index (χ1v) is 6.83. The summed E-state index contributed by atoms with van der Waals surface area (Å²) in [5.74, 6) is 0.314. The first-order chi connectivity index (χ1) is 8.38. The highest BCUT2D eigenvalue weighted by atomic mass is 35.5. The Hall–Kier alpha value is -1.20. The van der Waals surface area contributed by atoms with E-state index in [1.165, 1.54) is 6.33 Å². The highest BCUT2D eigenvalue weighted by molar-refractivity contribution is 7.09. The van der Waals surface area contributed by atoms with Gasteiger partial charge in [0.25, 0.3) is 0 Å². The fraction of sp³-hybridized carbons (Fsp3) is 0.417. The van der Waals surface area contributed by atoms with Crippen molar-refractivity contribution in [2.24, 2.45) is 0 Å². The molecule has 2 heterocycles. The lowest BCUT2D eigenvalue weighted by atomic mass is 9.93. The number of nitrogen functional groups attached to an aromatic ring is 1. The van der Waals surface area contributed by atoms with E-state index < -0.39 is 0 Å². The summed E-state index contributed by atoms with van der Waals surface area (Å²) in [6.45, 7) is 6.42. The van der Waals surface area contributed by atoms with Gasteiger partial charge in [0.05, 0.1) is 16.4 Å². The SMILES string of the molecule is CC(C)(C)c1csc(Cc2ncnc(N)c2Cl)n1. The number of rotatable bonds is 2. The smallest absolute Gasteiger partial charge is 0.145 e. The van der Waals surface area contributed by atoms with Crippen molar-refractivity contribution in [2.45, 2.75) is 32.6 Å². The number of nitrogens with two attached hydrogens (primary N) is 1. The predicted molar refractivity (Wildman–Crippen MR) is 75.1 cm³/mol. The van der Waals surface area contributed by atoms with Crippen LogP contribution in [0.5, 0.6) is 0 Å². The van der Waals surface area contributed by atoms with Crippen molar-refractivity contribution >= 4 is 28.8 Å². The van der Waals surface area contributed by atoms with E-state index in [0.717, 1.165) is 16.4 Å². The molecule has 18 heavy (non-hydrogen) atoms. The van der Waals surface area contributed by atoms with E-state index >= 15 is 0 Å². The number of anilines is 1. The molecule has 0 aliphatic heterocycles. The van der Waals surface area contributed by atoms with Gasteiger partial charge in [-0.15, -0.1) is 11.3 Å². The molecule has 0 radical (unpaired) electrons. The fourth-order valence-corrected chi connectivity index (χ4v) is 2.61. The van der Waals surface area contributed by atoms with Crippen LogP contribution in [0.15, 0.2) is 11.7 Å². The first-order valence-electron chi connectivity index (χ1n) is 5.57. The number of halogens is 1. The summed E-state index contributed by atoms with van der Waals surface area (Å²) in [4.78, 5) is 12.6. The van der Waals surface area contributed by atoms with Gasteiger partial charge in [-0.3, -0.25) is 0 Å². The van der Waals surface area contributed by atoms with Crippen LogP contribution in [-0.4, -0.2) is 15.0 Å². The molecule has 0 saturated heterocycles. The van der Waals surface area contributed by atoms with Crippen LogP contribution in [0.25, 0.3) is 0 Å². The summed E-state index contributed by atoms with van der Waals surface area (Å²) in [6, 6.07) is 0. The van der Waals surface area contributed by atoms with Crippen molar-refractivity contribution in [2.75, 3.05) is 5.73 Å². The molecule has 0 unspecified atom stereocenters. The summed E-state index contributed by atoms with van der Waals surface area (Å²) in [5, 5.41) is 3.48. The summed E-state index contributed by atoms with van der Waals surface area (Å²) in [5.41, 5.74) is 7.51. The van der Waals surface area contributed by atoms with Crippen LogP contribution < -0.4 is 5.73 Å². The monoisotopic (exact) mass is 282 g/mol. The van der Waals surface area contributed by atoms with Gasteiger partial charge in [-0.25, -0.2) is 15.0 Å². The molecule has 2 rings (SSSR count). The molecular weight excluding hydrogens is 268 g/mol. The number of thiazole rings is 1. The van der Waals surface area contributed by atoms with E-state index in [1.54, 1.807) is 11.3 Å². The quantitative estimate of drug-likeness (QED) is 0.919. The van der Waals surface area contributed by atoms with Crippen molar-refractivity contribution in [3.8, 4) is 0 Å². The Labute approximate surface area is 115 Å². The van der Waals surface area contributed by atoms with E-state index in [4.69, 9.17) is 17.3 Å². The number of hydrogen-bond acceptors (Lipinski definition) is 5. The maximum atomic E-state index is 6.07. The Kier molecular flexibility index (Phi) is 3.54. The Balaban J connectivity index is 2.24. The molecule has 0 aromatic carbocycles. The summed E-state index contributed by atoms with van der Waals surface area (Å²) in [7, 11) is 0. The van der Waals surface area contributed by atoms with Gasteiger partial charge in [0.1, 0.15) is 17.2 Å². The number of nitrogens with zero attached hydrogens (tertiary/aromatic N) is 3. The molecule has 0 fully saturated rings. The van der Waals surface area contributed by atoms with Crippen molar-refractivity contribution in [3.63, 3.8) is 0 Å². The molecular formula is C12H15ClN4S. The third-order valence-corrected chi connectivity index (χ3v) is 3.79. The molecule has 2 aromatic rings.